The number of hydrogen-bond donors (Lipinski definition) is 2. The summed E-state index contributed by atoms with van der Waals surface area (Å²) in [5.41, 5.74) is 6.77. The molecule has 10 nitrogen and oxygen atoms in total. The van der Waals surface area contributed by atoms with Gasteiger partial charge in [0, 0.05) is 17.7 Å². The molecule has 6 aromatic rings. The fraction of sp³-hybridized carbons (Fsp3) is 0.289. The fourth-order valence-electron chi connectivity index (χ4n) is 8.84. The molecule has 13 heteroatoms. The number of rotatable bonds is 8. The lowest BCUT2D eigenvalue weighted by atomic mass is 9.71. The normalized spacial score (nSPS) is 21.2. The number of benzene rings is 3. The number of hydrogen-bond acceptors (Lipinski definition) is 9. The van der Waals surface area contributed by atoms with Crippen LogP contribution < -0.4 is 15.8 Å². The van der Waals surface area contributed by atoms with E-state index in [1.807, 2.05) is 29.2 Å². The van der Waals surface area contributed by atoms with Crippen LogP contribution in [0.2, 0.25) is 0 Å². The van der Waals surface area contributed by atoms with Crippen molar-refractivity contribution in [1.82, 2.24) is 25.1 Å². The maximum absolute atomic E-state index is 14.5. The number of thiazole rings is 1. The first-order valence-corrected chi connectivity index (χ1v) is 17.8. The van der Waals surface area contributed by atoms with Crippen LogP contribution in [0.3, 0.4) is 0 Å². The highest BCUT2D eigenvalue weighted by Crippen LogP contribution is 2.62. The van der Waals surface area contributed by atoms with Crippen molar-refractivity contribution in [2.24, 2.45) is 5.92 Å². The number of aryl methyl sites for hydroxylation is 2. The molecular formula is C38H30F2N6O4S. The highest BCUT2D eigenvalue weighted by Gasteiger charge is 2.65. The number of carbonyl (C=O) groups is 1. The van der Waals surface area contributed by atoms with E-state index in [9.17, 15) is 18.4 Å². The molecule has 1 saturated carbocycles. The summed E-state index contributed by atoms with van der Waals surface area (Å²) in [4.78, 5) is 39.1. The van der Waals surface area contributed by atoms with Gasteiger partial charge in [-0.3, -0.25) is 9.78 Å². The van der Waals surface area contributed by atoms with Gasteiger partial charge in [-0.25, -0.2) is 23.7 Å². The van der Waals surface area contributed by atoms with E-state index in [4.69, 9.17) is 19.1 Å². The molecule has 3 aromatic carbocycles. The number of aromatic nitrogens is 4. The quantitative estimate of drug-likeness (QED) is 0.175. The first-order valence-electron chi connectivity index (χ1n) is 17.0. The second kappa shape index (κ2) is 11.0. The standard InChI is InChI=1S/C38H30F2N6O4S/c1-49-31-22-11-14-24(21(22)10-12-23(31)40)41-26-3-2-4-27-32(26)51-35(43-27)29-28(34-44-45-37(48)50-34)25(13-7-18-5-8-20(39)9-6-18)42-33-30(29)36(47)46-17-19-15-38(33,46)16-19/h2-6,8-10,12,19,24,41H,7,11,13-17H2,1H3,(H,45,48)/t19?,24-,38?/m1/s1. The molecule has 0 radical (unpaired) electrons. The Hall–Kier alpha value is -5.43. The molecule has 1 spiro atoms. The minimum Gasteiger partial charge on any atom is -0.493 e. The van der Waals surface area contributed by atoms with Crippen molar-refractivity contribution in [3.63, 3.8) is 0 Å². The minimum absolute atomic E-state index is 0.0320. The lowest BCUT2D eigenvalue weighted by Gasteiger charge is -2.37. The Morgan fingerprint density at radius 3 is 2.67 bits per heavy atom. The summed E-state index contributed by atoms with van der Waals surface area (Å²) in [5, 5.41) is 10.9. The first kappa shape index (κ1) is 30.4. The van der Waals surface area contributed by atoms with Crippen molar-refractivity contribution < 1.29 is 22.7 Å². The maximum atomic E-state index is 14.5. The van der Waals surface area contributed by atoms with E-state index in [0.29, 0.717) is 59.1 Å². The Balaban J connectivity index is 1.14. The summed E-state index contributed by atoms with van der Waals surface area (Å²) < 4.78 is 40.1. The number of carbonyl (C=O) groups excluding carboxylic acids is 1. The lowest BCUT2D eigenvalue weighted by Crippen LogP contribution is -2.40. The average Bonchev–Trinajstić information content (AvgIpc) is 3.96. The molecule has 6 heterocycles. The van der Waals surface area contributed by atoms with Gasteiger partial charge in [0.25, 0.3) is 11.8 Å². The third kappa shape index (κ3) is 4.46. The summed E-state index contributed by atoms with van der Waals surface area (Å²) in [5.74, 6) is -0.739. The van der Waals surface area contributed by atoms with E-state index >= 15 is 0 Å². The Morgan fingerprint density at radius 2 is 1.88 bits per heavy atom. The largest absolute Gasteiger partial charge is 0.493 e. The summed E-state index contributed by atoms with van der Waals surface area (Å²) in [6, 6.07) is 15.4. The van der Waals surface area contributed by atoms with Crippen LogP contribution in [0, 0.1) is 17.6 Å². The molecule has 2 N–H and O–H groups in total. The molecule has 1 atom stereocenters. The molecule has 2 saturated heterocycles. The first-order chi connectivity index (χ1) is 24.8. The number of ether oxygens (including phenoxy) is 1. The van der Waals surface area contributed by atoms with Gasteiger partial charge in [0.05, 0.1) is 57.1 Å². The van der Waals surface area contributed by atoms with Gasteiger partial charge < -0.3 is 19.4 Å². The van der Waals surface area contributed by atoms with E-state index in [0.717, 1.165) is 57.6 Å². The lowest BCUT2D eigenvalue weighted by molar-refractivity contribution is 0.0637. The zero-order chi connectivity index (χ0) is 34.6. The van der Waals surface area contributed by atoms with Crippen LogP contribution >= 0.6 is 11.3 Å². The van der Waals surface area contributed by atoms with Crippen LogP contribution in [-0.2, 0) is 24.8 Å². The van der Waals surface area contributed by atoms with Crippen LogP contribution in [0.5, 0.6) is 5.75 Å². The Morgan fingerprint density at radius 1 is 1.04 bits per heavy atom. The Bertz CT molecular complexity index is 2490. The van der Waals surface area contributed by atoms with E-state index in [-0.39, 0.29) is 35.2 Å². The number of fused-ring (bicyclic) bond motifs is 3. The molecular weight excluding hydrogens is 675 g/mol. The number of aromatic amines is 1. The number of halogens is 2. The van der Waals surface area contributed by atoms with Gasteiger partial charge in [0.2, 0.25) is 0 Å². The van der Waals surface area contributed by atoms with Gasteiger partial charge in [0.1, 0.15) is 10.8 Å². The smallest absolute Gasteiger partial charge is 0.434 e. The van der Waals surface area contributed by atoms with E-state index in [1.165, 1.54) is 36.6 Å². The summed E-state index contributed by atoms with van der Waals surface area (Å²) in [7, 11) is 1.49. The average molecular weight is 705 g/mol. The molecule has 3 fully saturated rings. The zero-order valence-electron chi connectivity index (χ0n) is 27.4. The van der Waals surface area contributed by atoms with Crippen LogP contribution in [0.1, 0.15) is 63.7 Å². The van der Waals surface area contributed by atoms with Crippen LogP contribution in [0.4, 0.5) is 14.5 Å². The number of pyridine rings is 1. The van der Waals surface area contributed by atoms with E-state index in [1.54, 1.807) is 12.1 Å². The Kier molecular flexibility index (Phi) is 6.58. The van der Waals surface area contributed by atoms with Crippen molar-refractivity contribution in [3.05, 3.63) is 110 Å². The highest BCUT2D eigenvalue weighted by molar-refractivity contribution is 7.22. The number of H-pyrrole nitrogens is 1. The summed E-state index contributed by atoms with van der Waals surface area (Å²) in [6.07, 6.45) is 4.12. The highest BCUT2D eigenvalue weighted by atomic mass is 32.1. The van der Waals surface area contributed by atoms with Crippen LogP contribution in [0.25, 0.3) is 32.2 Å². The topological polar surface area (TPSA) is 126 Å². The summed E-state index contributed by atoms with van der Waals surface area (Å²) in [6.45, 7) is 0.678. The second-order valence-corrected chi connectivity index (χ2v) is 14.9. The predicted octanol–water partition coefficient (Wildman–Crippen LogP) is 6.95. The third-order valence-electron chi connectivity index (χ3n) is 11.1. The van der Waals surface area contributed by atoms with Gasteiger partial charge in [-0.1, -0.05) is 24.3 Å². The van der Waals surface area contributed by atoms with Crippen molar-refractivity contribution in [1.29, 1.82) is 0 Å². The number of nitrogens with zero attached hydrogens (tertiary/aromatic N) is 4. The SMILES string of the molecule is COc1c(F)ccc2c1CC[C@H]2Nc1cccc2nc(-c3c4c(nc(CCc5ccc(F)cc5)c3-c3n[nH]c(=O)o3)C35CC(CN3C4=O)C5)sc12. The molecule has 256 valence electrons. The fourth-order valence-corrected chi connectivity index (χ4v) is 9.94. The number of nitrogens with one attached hydrogen (secondary N) is 2. The van der Waals surface area contributed by atoms with Gasteiger partial charge in [-0.05, 0) is 85.9 Å². The van der Waals surface area contributed by atoms with Crippen molar-refractivity contribution in [2.75, 3.05) is 19.0 Å². The van der Waals surface area contributed by atoms with Gasteiger partial charge >= 0.3 is 5.76 Å². The molecule has 3 aromatic heterocycles. The molecule has 1 amide bonds. The second-order valence-electron chi connectivity index (χ2n) is 13.9. The summed E-state index contributed by atoms with van der Waals surface area (Å²) >= 11 is 1.44. The van der Waals surface area contributed by atoms with Crippen molar-refractivity contribution in [2.45, 2.75) is 50.1 Å². The zero-order valence-corrected chi connectivity index (χ0v) is 28.2. The number of methoxy groups -OCH3 is 1. The van der Waals surface area contributed by atoms with E-state index in [2.05, 4.69) is 15.5 Å². The molecule has 51 heavy (non-hydrogen) atoms. The van der Waals surface area contributed by atoms with Gasteiger partial charge in [0.15, 0.2) is 11.6 Å². The van der Waals surface area contributed by atoms with E-state index < -0.39 is 11.3 Å². The molecule has 2 bridgehead atoms. The minimum atomic E-state index is -0.725. The third-order valence-corrected chi connectivity index (χ3v) is 12.2. The van der Waals surface area contributed by atoms with Crippen LogP contribution in [0.15, 0.2) is 63.8 Å². The van der Waals surface area contributed by atoms with Gasteiger partial charge in [-0.2, -0.15) is 0 Å². The van der Waals surface area contributed by atoms with Crippen molar-refractivity contribution >= 4 is 33.1 Å². The molecule has 11 rings (SSSR count). The number of amides is 1. The predicted molar refractivity (Wildman–Crippen MR) is 186 cm³/mol. The molecule has 2 aliphatic carbocycles. The Labute approximate surface area is 293 Å². The maximum Gasteiger partial charge on any atom is 0.434 e. The molecule has 5 aliphatic rings. The molecule has 3 aliphatic heterocycles. The van der Waals surface area contributed by atoms with Gasteiger partial charge in [-0.15, -0.1) is 16.4 Å². The monoisotopic (exact) mass is 704 g/mol. The number of anilines is 1. The van der Waals surface area contributed by atoms with Crippen LogP contribution in [-0.4, -0.2) is 44.6 Å². The van der Waals surface area contributed by atoms with Crippen molar-refractivity contribution in [3.8, 4) is 27.8 Å². The molecule has 0 unspecified atom stereocenters.